The van der Waals surface area contributed by atoms with Gasteiger partial charge in [-0.2, -0.15) is 0 Å². The number of rotatable bonds is 6. The highest BCUT2D eigenvalue weighted by atomic mass is 19.2. The molecule has 1 aromatic carbocycles. The highest BCUT2D eigenvalue weighted by Crippen LogP contribution is 2.32. The normalized spacial score (nSPS) is 16.0. The summed E-state index contributed by atoms with van der Waals surface area (Å²) in [6.45, 7) is 0.301. The van der Waals surface area contributed by atoms with Crippen LogP contribution < -0.4 is 0 Å². The van der Waals surface area contributed by atoms with Gasteiger partial charge in [-0.05, 0) is 36.8 Å². The van der Waals surface area contributed by atoms with Crippen molar-refractivity contribution in [1.82, 2.24) is 4.90 Å². The summed E-state index contributed by atoms with van der Waals surface area (Å²) in [7, 11) is 1.62. The molecule has 0 radical (unpaired) electrons. The van der Waals surface area contributed by atoms with Gasteiger partial charge in [0.1, 0.15) is 0 Å². The van der Waals surface area contributed by atoms with Crippen molar-refractivity contribution in [2.24, 2.45) is 5.92 Å². The largest absolute Gasteiger partial charge is 0.391 e. The van der Waals surface area contributed by atoms with E-state index < -0.39 is 17.7 Å². The fraction of sp³-hybridized carbons (Fsp3) is 0.533. The lowest BCUT2D eigenvalue weighted by atomic mass is 10.1. The molecule has 1 amide bonds. The first-order valence-electron chi connectivity index (χ1n) is 6.84. The molecule has 1 atom stereocenters. The molecule has 110 valence electrons. The van der Waals surface area contributed by atoms with E-state index in [1.165, 1.54) is 17.0 Å². The van der Waals surface area contributed by atoms with E-state index in [2.05, 4.69) is 0 Å². The number of aliphatic hydroxyl groups excluding tert-OH is 1. The molecule has 3 nitrogen and oxygen atoms in total. The molecule has 0 bridgehead atoms. The average Bonchev–Trinajstić information content (AvgIpc) is 3.24. The van der Waals surface area contributed by atoms with Crippen molar-refractivity contribution in [3.8, 4) is 0 Å². The molecule has 1 N–H and O–H groups in total. The number of amides is 1. The Labute approximate surface area is 117 Å². The Morgan fingerprint density at radius 3 is 2.80 bits per heavy atom. The number of halogens is 2. The van der Waals surface area contributed by atoms with Gasteiger partial charge in [0.25, 0.3) is 0 Å². The summed E-state index contributed by atoms with van der Waals surface area (Å²) < 4.78 is 26.5. The Balaban J connectivity index is 1.83. The Bertz CT molecular complexity index is 489. The standard InChI is InChI=1S/C15H19F2NO2/c1-18(9-13(19)10-5-6-10)14(20)8-7-11-3-2-4-12(16)15(11)17/h2-4,10,13,19H,5-9H2,1H3. The summed E-state index contributed by atoms with van der Waals surface area (Å²) in [5.74, 6) is -1.65. The second kappa shape index (κ2) is 6.31. The molecular formula is C15H19F2NO2. The van der Waals surface area contributed by atoms with Crippen LogP contribution in [0.5, 0.6) is 0 Å². The van der Waals surface area contributed by atoms with Crippen LogP contribution in [0.2, 0.25) is 0 Å². The predicted octanol–water partition coefficient (Wildman–Crippen LogP) is 2.13. The second-order valence-electron chi connectivity index (χ2n) is 5.39. The van der Waals surface area contributed by atoms with Gasteiger partial charge in [-0.25, -0.2) is 8.78 Å². The molecule has 1 unspecified atom stereocenters. The van der Waals surface area contributed by atoms with E-state index in [1.807, 2.05) is 0 Å². The third kappa shape index (κ3) is 3.76. The molecule has 0 spiro atoms. The number of benzene rings is 1. The van der Waals surface area contributed by atoms with Crippen molar-refractivity contribution in [3.63, 3.8) is 0 Å². The van der Waals surface area contributed by atoms with Crippen LogP contribution in [-0.2, 0) is 11.2 Å². The number of aryl methyl sites for hydroxylation is 1. The van der Waals surface area contributed by atoms with Crippen LogP contribution in [0.15, 0.2) is 18.2 Å². The van der Waals surface area contributed by atoms with Gasteiger partial charge in [0, 0.05) is 20.0 Å². The lowest BCUT2D eigenvalue weighted by Gasteiger charge is -2.20. The molecule has 0 heterocycles. The Morgan fingerprint density at radius 2 is 2.15 bits per heavy atom. The average molecular weight is 283 g/mol. The van der Waals surface area contributed by atoms with Gasteiger partial charge >= 0.3 is 0 Å². The zero-order valence-electron chi connectivity index (χ0n) is 11.5. The van der Waals surface area contributed by atoms with Crippen molar-refractivity contribution in [2.45, 2.75) is 31.8 Å². The fourth-order valence-electron chi connectivity index (χ4n) is 2.19. The summed E-state index contributed by atoms with van der Waals surface area (Å²) in [5.41, 5.74) is 0.203. The third-order valence-corrected chi connectivity index (χ3v) is 3.69. The van der Waals surface area contributed by atoms with Gasteiger partial charge in [-0.15, -0.1) is 0 Å². The SMILES string of the molecule is CN(CC(O)C1CC1)C(=O)CCc1cccc(F)c1F. The van der Waals surface area contributed by atoms with Crippen molar-refractivity contribution >= 4 is 5.91 Å². The first-order chi connectivity index (χ1) is 9.49. The minimum absolute atomic E-state index is 0.105. The monoisotopic (exact) mass is 283 g/mol. The molecule has 1 aliphatic rings. The van der Waals surface area contributed by atoms with Gasteiger partial charge in [-0.1, -0.05) is 12.1 Å². The maximum absolute atomic E-state index is 13.4. The summed E-state index contributed by atoms with van der Waals surface area (Å²) in [4.78, 5) is 13.3. The zero-order valence-corrected chi connectivity index (χ0v) is 11.5. The van der Waals surface area contributed by atoms with Crippen LogP contribution >= 0.6 is 0 Å². The first kappa shape index (κ1) is 14.9. The predicted molar refractivity (Wildman–Crippen MR) is 71.0 cm³/mol. The maximum atomic E-state index is 13.4. The number of carbonyl (C=O) groups excluding carboxylic acids is 1. The van der Waals surface area contributed by atoms with E-state index in [-0.39, 0.29) is 24.3 Å². The molecule has 1 aliphatic carbocycles. The van der Waals surface area contributed by atoms with E-state index >= 15 is 0 Å². The summed E-state index contributed by atoms with van der Waals surface area (Å²) >= 11 is 0. The lowest BCUT2D eigenvalue weighted by Crippen LogP contribution is -2.35. The third-order valence-electron chi connectivity index (χ3n) is 3.69. The van der Waals surface area contributed by atoms with Crippen molar-refractivity contribution < 1.29 is 18.7 Å². The Kier molecular flexibility index (Phi) is 4.70. The van der Waals surface area contributed by atoms with Crippen LogP contribution in [0.1, 0.15) is 24.8 Å². The number of nitrogens with zero attached hydrogens (tertiary/aromatic N) is 1. The second-order valence-corrected chi connectivity index (χ2v) is 5.39. The molecule has 20 heavy (non-hydrogen) atoms. The Hall–Kier alpha value is -1.49. The summed E-state index contributed by atoms with van der Waals surface area (Å²) in [5, 5.41) is 9.77. The number of likely N-dealkylation sites (N-methyl/N-ethyl adjacent to an activating group) is 1. The maximum Gasteiger partial charge on any atom is 0.222 e. The molecule has 0 aromatic heterocycles. The minimum atomic E-state index is -0.896. The molecule has 2 rings (SSSR count). The smallest absolute Gasteiger partial charge is 0.222 e. The highest BCUT2D eigenvalue weighted by Gasteiger charge is 2.31. The lowest BCUT2D eigenvalue weighted by molar-refractivity contribution is -0.131. The number of hydrogen-bond donors (Lipinski definition) is 1. The van der Waals surface area contributed by atoms with Crippen molar-refractivity contribution in [3.05, 3.63) is 35.4 Å². The van der Waals surface area contributed by atoms with E-state index in [0.717, 1.165) is 18.9 Å². The van der Waals surface area contributed by atoms with E-state index in [0.29, 0.717) is 12.5 Å². The molecule has 1 aromatic rings. The number of hydrogen-bond acceptors (Lipinski definition) is 2. The zero-order chi connectivity index (χ0) is 14.7. The Morgan fingerprint density at radius 1 is 1.45 bits per heavy atom. The van der Waals surface area contributed by atoms with E-state index in [1.54, 1.807) is 7.05 Å². The minimum Gasteiger partial charge on any atom is -0.391 e. The summed E-state index contributed by atoms with van der Waals surface area (Å²) in [6, 6.07) is 3.96. The molecular weight excluding hydrogens is 264 g/mol. The van der Waals surface area contributed by atoms with Gasteiger partial charge < -0.3 is 10.0 Å². The van der Waals surface area contributed by atoms with Gasteiger partial charge in [0.05, 0.1) is 6.10 Å². The molecule has 5 heteroatoms. The molecule has 0 saturated heterocycles. The van der Waals surface area contributed by atoms with Gasteiger partial charge in [-0.3, -0.25) is 4.79 Å². The van der Waals surface area contributed by atoms with Gasteiger partial charge in [0.15, 0.2) is 11.6 Å². The number of carbonyl (C=O) groups is 1. The molecule has 0 aliphatic heterocycles. The highest BCUT2D eigenvalue weighted by molar-refractivity contribution is 5.76. The van der Waals surface area contributed by atoms with Crippen molar-refractivity contribution in [2.75, 3.05) is 13.6 Å². The topological polar surface area (TPSA) is 40.5 Å². The first-order valence-corrected chi connectivity index (χ1v) is 6.84. The van der Waals surface area contributed by atoms with Crippen molar-refractivity contribution in [1.29, 1.82) is 0 Å². The number of aliphatic hydroxyl groups is 1. The molecule has 1 saturated carbocycles. The van der Waals surface area contributed by atoms with Gasteiger partial charge in [0.2, 0.25) is 5.91 Å². The molecule has 1 fully saturated rings. The van der Waals surface area contributed by atoms with E-state index in [9.17, 15) is 18.7 Å². The quantitative estimate of drug-likeness (QED) is 0.869. The van der Waals surface area contributed by atoms with Crippen LogP contribution in [0.3, 0.4) is 0 Å². The van der Waals surface area contributed by atoms with Crippen LogP contribution in [0, 0.1) is 17.6 Å². The van der Waals surface area contributed by atoms with Crippen LogP contribution in [-0.4, -0.2) is 35.6 Å². The fourth-order valence-corrected chi connectivity index (χ4v) is 2.19. The van der Waals surface area contributed by atoms with E-state index in [4.69, 9.17) is 0 Å². The van der Waals surface area contributed by atoms with Crippen LogP contribution in [0.4, 0.5) is 8.78 Å². The van der Waals surface area contributed by atoms with Crippen LogP contribution in [0.25, 0.3) is 0 Å². The summed E-state index contributed by atoms with van der Waals surface area (Å²) in [6.07, 6.45) is 1.81.